The standard InChI is InChI=1S/C18H19NO7/c1-12(18(22)19-6-8-23-9-7-19)25-17(21)11-24-14-4-2-13-3-5-16(20)26-15(13)10-14/h2-5,10,12H,6-9,11H2,1H3. The van der Waals surface area contributed by atoms with Crippen LogP contribution in [0.5, 0.6) is 5.75 Å². The van der Waals surface area contributed by atoms with Crippen molar-refractivity contribution in [2.24, 2.45) is 0 Å². The summed E-state index contributed by atoms with van der Waals surface area (Å²) in [5.41, 5.74) is -0.108. The van der Waals surface area contributed by atoms with Gasteiger partial charge in [-0.1, -0.05) is 0 Å². The lowest BCUT2D eigenvalue weighted by Crippen LogP contribution is -2.46. The molecular weight excluding hydrogens is 342 g/mol. The molecule has 0 saturated carbocycles. The Bertz CT molecular complexity index is 854. The topological polar surface area (TPSA) is 95.3 Å². The van der Waals surface area contributed by atoms with E-state index < -0.39 is 17.7 Å². The molecule has 1 amide bonds. The van der Waals surface area contributed by atoms with E-state index in [4.69, 9.17) is 18.6 Å². The highest BCUT2D eigenvalue weighted by molar-refractivity contribution is 5.84. The third-order valence-electron chi connectivity index (χ3n) is 3.93. The summed E-state index contributed by atoms with van der Waals surface area (Å²) in [7, 11) is 0. The fourth-order valence-electron chi connectivity index (χ4n) is 2.60. The molecule has 1 aliphatic heterocycles. The third-order valence-corrected chi connectivity index (χ3v) is 3.93. The van der Waals surface area contributed by atoms with Crippen LogP contribution < -0.4 is 10.4 Å². The molecule has 1 saturated heterocycles. The highest BCUT2D eigenvalue weighted by Crippen LogP contribution is 2.19. The molecule has 1 aromatic heterocycles. The lowest BCUT2D eigenvalue weighted by atomic mass is 10.2. The fraction of sp³-hybridized carbons (Fsp3) is 0.389. The summed E-state index contributed by atoms with van der Waals surface area (Å²) in [6, 6.07) is 7.85. The monoisotopic (exact) mass is 361 g/mol. The molecule has 1 unspecified atom stereocenters. The number of benzene rings is 1. The van der Waals surface area contributed by atoms with Gasteiger partial charge < -0.3 is 23.5 Å². The normalized spacial score (nSPS) is 15.5. The van der Waals surface area contributed by atoms with Gasteiger partial charge in [-0.25, -0.2) is 9.59 Å². The number of rotatable bonds is 5. The van der Waals surface area contributed by atoms with Gasteiger partial charge in [0.2, 0.25) is 0 Å². The van der Waals surface area contributed by atoms with Gasteiger partial charge in [-0.05, 0) is 25.1 Å². The minimum Gasteiger partial charge on any atom is -0.482 e. The van der Waals surface area contributed by atoms with E-state index in [1.807, 2.05) is 0 Å². The number of morpholine rings is 1. The molecule has 1 aromatic carbocycles. The molecule has 1 atom stereocenters. The molecule has 8 heteroatoms. The molecule has 3 rings (SSSR count). The van der Waals surface area contributed by atoms with Crippen molar-refractivity contribution in [1.82, 2.24) is 4.90 Å². The summed E-state index contributed by atoms with van der Waals surface area (Å²) in [5, 5.41) is 0.740. The Morgan fingerprint density at radius 1 is 1.19 bits per heavy atom. The predicted molar refractivity (Wildman–Crippen MR) is 90.9 cm³/mol. The Balaban J connectivity index is 1.53. The van der Waals surface area contributed by atoms with E-state index in [1.165, 1.54) is 19.1 Å². The first-order chi connectivity index (χ1) is 12.5. The van der Waals surface area contributed by atoms with E-state index >= 15 is 0 Å². The summed E-state index contributed by atoms with van der Waals surface area (Å²) >= 11 is 0. The summed E-state index contributed by atoms with van der Waals surface area (Å²) in [4.78, 5) is 37.0. The fourth-order valence-corrected chi connectivity index (χ4v) is 2.60. The predicted octanol–water partition coefficient (Wildman–Crippen LogP) is 0.962. The quantitative estimate of drug-likeness (QED) is 0.578. The van der Waals surface area contributed by atoms with Crippen LogP contribution in [-0.2, 0) is 19.1 Å². The molecule has 1 aliphatic rings. The second kappa shape index (κ2) is 8.01. The number of amides is 1. The van der Waals surface area contributed by atoms with E-state index in [9.17, 15) is 14.4 Å². The number of fused-ring (bicyclic) bond motifs is 1. The first-order valence-electron chi connectivity index (χ1n) is 8.25. The average Bonchev–Trinajstić information content (AvgIpc) is 2.66. The number of ether oxygens (including phenoxy) is 3. The number of nitrogens with zero attached hydrogens (tertiary/aromatic N) is 1. The van der Waals surface area contributed by atoms with Crippen molar-refractivity contribution >= 4 is 22.8 Å². The number of carbonyl (C=O) groups is 2. The highest BCUT2D eigenvalue weighted by atomic mass is 16.6. The van der Waals surface area contributed by atoms with Crippen molar-refractivity contribution < 1.29 is 28.2 Å². The molecule has 0 aliphatic carbocycles. The number of hydrogen-bond acceptors (Lipinski definition) is 7. The number of hydrogen-bond donors (Lipinski definition) is 0. The van der Waals surface area contributed by atoms with Crippen molar-refractivity contribution in [1.29, 1.82) is 0 Å². The SMILES string of the molecule is CC(OC(=O)COc1ccc2ccc(=O)oc2c1)C(=O)N1CCOCC1. The zero-order valence-electron chi connectivity index (χ0n) is 14.3. The smallest absolute Gasteiger partial charge is 0.344 e. The maximum absolute atomic E-state index is 12.2. The Hall–Kier alpha value is -2.87. The highest BCUT2D eigenvalue weighted by Gasteiger charge is 2.25. The zero-order valence-corrected chi connectivity index (χ0v) is 14.3. The molecule has 138 valence electrons. The van der Waals surface area contributed by atoms with E-state index in [0.717, 1.165) is 5.39 Å². The van der Waals surface area contributed by atoms with Crippen molar-refractivity contribution in [2.45, 2.75) is 13.0 Å². The summed E-state index contributed by atoms with van der Waals surface area (Å²) in [5.74, 6) is -0.557. The van der Waals surface area contributed by atoms with Gasteiger partial charge in [0.15, 0.2) is 12.7 Å². The van der Waals surface area contributed by atoms with E-state index in [1.54, 1.807) is 23.1 Å². The minimum atomic E-state index is -0.890. The van der Waals surface area contributed by atoms with Gasteiger partial charge in [0.25, 0.3) is 5.91 Å². The van der Waals surface area contributed by atoms with Gasteiger partial charge in [-0.15, -0.1) is 0 Å². The van der Waals surface area contributed by atoms with Gasteiger partial charge >= 0.3 is 11.6 Å². The Morgan fingerprint density at radius 2 is 1.92 bits per heavy atom. The number of carbonyl (C=O) groups excluding carboxylic acids is 2. The van der Waals surface area contributed by atoms with Crippen LogP contribution in [0.3, 0.4) is 0 Å². The van der Waals surface area contributed by atoms with E-state index in [-0.39, 0.29) is 12.5 Å². The van der Waals surface area contributed by atoms with Crippen LogP contribution >= 0.6 is 0 Å². The van der Waals surface area contributed by atoms with E-state index in [2.05, 4.69) is 0 Å². The van der Waals surface area contributed by atoms with Crippen LogP contribution in [0, 0.1) is 0 Å². The van der Waals surface area contributed by atoms with Gasteiger partial charge in [0.05, 0.1) is 13.2 Å². The maximum atomic E-state index is 12.2. The van der Waals surface area contributed by atoms with Gasteiger partial charge in [-0.2, -0.15) is 0 Å². The van der Waals surface area contributed by atoms with Crippen LogP contribution in [0.15, 0.2) is 39.5 Å². The second-order valence-electron chi connectivity index (χ2n) is 5.81. The van der Waals surface area contributed by atoms with Crippen LogP contribution in [0.2, 0.25) is 0 Å². The average molecular weight is 361 g/mol. The first-order valence-corrected chi connectivity index (χ1v) is 8.25. The van der Waals surface area contributed by atoms with E-state index in [0.29, 0.717) is 37.6 Å². The Kier molecular flexibility index (Phi) is 5.52. The molecule has 0 spiro atoms. The molecule has 0 radical (unpaired) electrons. The minimum absolute atomic E-state index is 0.255. The van der Waals surface area contributed by atoms with Crippen LogP contribution in [0.4, 0.5) is 0 Å². The molecule has 26 heavy (non-hydrogen) atoms. The van der Waals surface area contributed by atoms with Gasteiger partial charge in [0.1, 0.15) is 11.3 Å². The second-order valence-corrected chi connectivity index (χ2v) is 5.81. The molecular formula is C18H19NO7. The molecule has 2 aromatic rings. The lowest BCUT2D eigenvalue weighted by molar-refractivity contribution is -0.162. The summed E-state index contributed by atoms with van der Waals surface area (Å²) in [6.45, 7) is 3.10. The van der Waals surface area contributed by atoms with Crippen LogP contribution in [0.25, 0.3) is 11.0 Å². The van der Waals surface area contributed by atoms with Crippen LogP contribution in [0.1, 0.15) is 6.92 Å². The Morgan fingerprint density at radius 3 is 2.69 bits per heavy atom. The molecule has 2 heterocycles. The lowest BCUT2D eigenvalue weighted by Gasteiger charge is -2.28. The molecule has 0 bridgehead atoms. The molecule has 8 nitrogen and oxygen atoms in total. The molecule has 0 N–H and O–H groups in total. The van der Waals surface area contributed by atoms with Crippen molar-refractivity contribution in [2.75, 3.05) is 32.9 Å². The zero-order chi connectivity index (χ0) is 18.5. The largest absolute Gasteiger partial charge is 0.482 e. The summed E-state index contributed by atoms with van der Waals surface area (Å²) < 4.78 is 20.7. The maximum Gasteiger partial charge on any atom is 0.344 e. The Labute approximate surface area is 149 Å². The van der Waals surface area contributed by atoms with Crippen molar-refractivity contribution in [3.05, 3.63) is 40.8 Å². The third kappa shape index (κ3) is 4.40. The molecule has 1 fully saturated rings. The van der Waals surface area contributed by atoms with Crippen molar-refractivity contribution in [3.63, 3.8) is 0 Å². The van der Waals surface area contributed by atoms with Crippen molar-refractivity contribution in [3.8, 4) is 5.75 Å². The first kappa shape index (κ1) is 17.9. The summed E-state index contributed by atoms with van der Waals surface area (Å²) in [6.07, 6.45) is -0.890. The van der Waals surface area contributed by atoms with Gasteiger partial charge in [0, 0.05) is 30.6 Å². The van der Waals surface area contributed by atoms with Gasteiger partial charge in [-0.3, -0.25) is 4.79 Å². The van der Waals surface area contributed by atoms with Crippen LogP contribution in [-0.4, -0.2) is 55.8 Å². The number of esters is 1.